The van der Waals surface area contributed by atoms with E-state index in [1.165, 1.54) is 17.0 Å². The Morgan fingerprint density at radius 1 is 1.40 bits per heavy atom. The number of carbonyl (C=O) groups is 2. The molecule has 1 unspecified atom stereocenters. The number of non-ortho nitro benzene ring substituents is 1. The number of hydrogen-bond donors (Lipinski definition) is 1. The zero-order valence-corrected chi connectivity index (χ0v) is 13.2. The van der Waals surface area contributed by atoms with Crippen molar-refractivity contribution in [1.82, 2.24) is 0 Å². The Hall–Kier alpha value is -1.48. The smallest absolute Gasteiger partial charge is 0.271 e. The molecule has 0 aromatic heterocycles. The SMILES string of the molecule is NC(=O)C1CC(=O)N(c2c(Br)cc([N+](=O)[O-])cc2Br)C1. The average Bonchev–Trinajstić information content (AvgIpc) is 2.70. The zero-order valence-electron chi connectivity index (χ0n) is 10.0. The van der Waals surface area contributed by atoms with Gasteiger partial charge in [-0.2, -0.15) is 0 Å². The van der Waals surface area contributed by atoms with E-state index in [4.69, 9.17) is 5.73 Å². The van der Waals surface area contributed by atoms with Crippen molar-refractivity contribution in [1.29, 1.82) is 0 Å². The van der Waals surface area contributed by atoms with Gasteiger partial charge in [-0.1, -0.05) is 0 Å². The van der Waals surface area contributed by atoms with Crippen LogP contribution in [0, 0.1) is 16.0 Å². The minimum absolute atomic E-state index is 0.0468. The van der Waals surface area contributed by atoms with Crippen LogP contribution >= 0.6 is 31.9 Å². The highest BCUT2D eigenvalue weighted by Gasteiger charge is 2.36. The van der Waals surface area contributed by atoms with E-state index in [-0.39, 0.29) is 24.6 Å². The van der Waals surface area contributed by atoms with Gasteiger partial charge in [0, 0.05) is 34.0 Å². The van der Waals surface area contributed by atoms with Gasteiger partial charge in [0.25, 0.3) is 5.69 Å². The molecule has 1 aliphatic rings. The number of primary amides is 1. The summed E-state index contributed by atoms with van der Waals surface area (Å²) in [6.45, 7) is 0.170. The van der Waals surface area contributed by atoms with Gasteiger partial charge < -0.3 is 10.6 Å². The molecule has 1 aliphatic heterocycles. The predicted octanol–water partition coefficient (Wildman–Crippen LogP) is 1.96. The number of hydrogen-bond acceptors (Lipinski definition) is 4. The Morgan fingerprint density at radius 2 is 1.95 bits per heavy atom. The van der Waals surface area contributed by atoms with Crippen LogP contribution < -0.4 is 10.6 Å². The Balaban J connectivity index is 2.41. The quantitative estimate of drug-likeness (QED) is 0.611. The van der Waals surface area contributed by atoms with Crippen LogP contribution in [0.25, 0.3) is 0 Å². The van der Waals surface area contributed by atoms with E-state index in [0.29, 0.717) is 14.6 Å². The summed E-state index contributed by atoms with van der Waals surface area (Å²) in [5, 5.41) is 10.8. The Morgan fingerprint density at radius 3 is 2.35 bits per heavy atom. The molecule has 1 atom stereocenters. The number of benzene rings is 1. The fourth-order valence-corrected chi connectivity index (χ4v) is 3.62. The number of carbonyl (C=O) groups excluding carboxylic acids is 2. The summed E-state index contributed by atoms with van der Waals surface area (Å²) in [7, 11) is 0. The molecule has 7 nitrogen and oxygen atoms in total. The highest BCUT2D eigenvalue weighted by molar-refractivity contribution is 9.11. The molecule has 2 amide bonds. The molecule has 1 saturated heterocycles. The van der Waals surface area contributed by atoms with Crippen LogP contribution in [0.1, 0.15) is 6.42 Å². The molecule has 9 heteroatoms. The zero-order chi connectivity index (χ0) is 15.0. The molecule has 0 saturated carbocycles. The van der Waals surface area contributed by atoms with E-state index in [1.54, 1.807) is 0 Å². The van der Waals surface area contributed by atoms with E-state index >= 15 is 0 Å². The van der Waals surface area contributed by atoms with Crippen LogP contribution in [-0.4, -0.2) is 23.3 Å². The first-order valence-electron chi connectivity index (χ1n) is 5.54. The van der Waals surface area contributed by atoms with Crippen LogP contribution in [0.2, 0.25) is 0 Å². The van der Waals surface area contributed by atoms with E-state index in [0.717, 1.165) is 0 Å². The van der Waals surface area contributed by atoms with Gasteiger partial charge in [0.2, 0.25) is 11.8 Å². The third-order valence-corrected chi connectivity index (χ3v) is 4.22. The van der Waals surface area contributed by atoms with Crippen LogP contribution in [0.4, 0.5) is 11.4 Å². The van der Waals surface area contributed by atoms with Gasteiger partial charge in [-0.25, -0.2) is 0 Å². The van der Waals surface area contributed by atoms with Crippen molar-refractivity contribution < 1.29 is 14.5 Å². The topological polar surface area (TPSA) is 107 Å². The normalized spacial score (nSPS) is 18.4. The third-order valence-electron chi connectivity index (χ3n) is 3.01. The van der Waals surface area contributed by atoms with Gasteiger partial charge in [-0.3, -0.25) is 19.7 Å². The van der Waals surface area contributed by atoms with Crippen molar-refractivity contribution in [3.63, 3.8) is 0 Å². The Kier molecular flexibility index (Phi) is 4.09. The lowest BCUT2D eigenvalue weighted by atomic mass is 10.1. The second kappa shape index (κ2) is 5.49. The molecule has 0 spiro atoms. The molecule has 2 N–H and O–H groups in total. The Bertz CT molecular complexity index is 597. The molecule has 1 aromatic rings. The third kappa shape index (κ3) is 2.68. The van der Waals surface area contributed by atoms with Crippen LogP contribution in [0.15, 0.2) is 21.1 Å². The van der Waals surface area contributed by atoms with E-state index in [2.05, 4.69) is 31.9 Å². The molecule has 2 rings (SSSR count). The van der Waals surface area contributed by atoms with Crippen molar-refractivity contribution >= 4 is 55.0 Å². The van der Waals surface area contributed by atoms with Crippen molar-refractivity contribution in [2.24, 2.45) is 11.7 Å². The molecular weight excluding hydrogens is 398 g/mol. The lowest BCUT2D eigenvalue weighted by molar-refractivity contribution is -0.385. The molecule has 0 bridgehead atoms. The fourth-order valence-electron chi connectivity index (χ4n) is 2.03. The maximum Gasteiger partial charge on any atom is 0.271 e. The highest BCUT2D eigenvalue weighted by Crippen LogP contribution is 2.40. The maximum atomic E-state index is 12.0. The van der Waals surface area contributed by atoms with Crippen LogP contribution in [0.3, 0.4) is 0 Å². The summed E-state index contributed by atoms with van der Waals surface area (Å²) < 4.78 is 0.800. The van der Waals surface area contributed by atoms with Gasteiger partial charge in [0.05, 0.1) is 16.5 Å². The average molecular weight is 407 g/mol. The van der Waals surface area contributed by atoms with Gasteiger partial charge >= 0.3 is 0 Å². The second-order valence-electron chi connectivity index (χ2n) is 4.32. The van der Waals surface area contributed by atoms with Gasteiger partial charge in [0.15, 0.2) is 0 Å². The number of amides is 2. The van der Waals surface area contributed by atoms with Gasteiger partial charge in [-0.05, 0) is 31.9 Å². The van der Waals surface area contributed by atoms with E-state index in [1.807, 2.05) is 0 Å². The predicted molar refractivity (Wildman–Crippen MR) is 78.2 cm³/mol. The van der Waals surface area contributed by atoms with E-state index < -0.39 is 16.7 Å². The molecule has 1 fully saturated rings. The summed E-state index contributed by atoms with van der Waals surface area (Å²) in [5.41, 5.74) is 5.57. The number of nitro benzene ring substituents is 1. The van der Waals surface area contributed by atoms with Crippen molar-refractivity contribution in [2.75, 3.05) is 11.4 Å². The summed E-state index contributed by atoms with van der Waals surface area (Å²) in [6.07, 6.45) is 0.0468. The Labute approximate surface area is 130 Å². The highest BCUT2D eigenvalue weighted by atomic mass is 79.9. The summed E-state index contributed by atoms with van der Waals surface area (Å²) >= 11 is 6.43. The fraction of sp³-hybridized carbons (Fsp3) is 0.273. The molecule has 1 heterocycles. The standard InChI is InChI=1S/C11H9Br2N3O4/c12-7-2-6(16(19)20)3-8(13)10(7)15-4-5(11(14)18)1-9(15)17/h2-3,5H,1,4H2,(H2,14,18). The first-order valence-corrected chi connectivity index (χ1v) is 7.13. The number of rotatable bonds is 3. The summed E-state index contributed by atoms with van der Waals surface area (Å²) in [6, 6.07) is 2.62. The van der Waals surface area contributed by atoms with Crippen LogP contribution in [-0.2, 0) is 9.59 Å². The van der Waals surface area contributed by atoms with Crippen LogP contribution in [0.5, 0.6) is 0 Å². The monoisotopic (exact) mass is 405 g/mol. The number of halogens is 2. The van der Waals surface area contributed by atoms with Crippen molar-refractivity contribution in [3.05, 3.63) is 31.2 Å². The molecule has 20 heavy (non-hydrogen) atoms. The lowest BCUT2D eigenvalue weighted by Gasteiger charge is -2.19. The van der Waals surface area contributed by atoms with Gasteiger partial charge in [0.1, 0.15) is 0 Å². The first-order chi connectivity index (χ1) is 9.31. The summed E-state index contributed by atoms with van der Waals surface area (Å²) in [5.74, 6) is -1.32. The number of nitrogens with zero attached hydrogens (tertiary/aromatic N) is 2. The first kappa shape index (κ1) is 14.9. The number of nitro groups is 1. The number of anilines is 1. The minimum Gasteiger partial charge on any atom is -0.369 e. The summed E-state index contributed by atoms with van der Waals surface area (Å²) in [4.78, 5) is 34.8. The number of nitrogens with two attached hydrogens (primary N) is 1. The van der Waals surface area contributed by atoms with E-state index in [9.17, 15) is 19.7 Å². The largest absolute Gasteiger partial charge is 0.369 e. The lowest BCUT2D eigenvalue weighted by Crippen LogP contribution is -2.28. The van der Waals surface area contributed by atoms with Crippen molar-refractivity contribution in [3.8, 4) is 0 Å². The minimum atomic E-state index is -0.545. The molecule has 0 radical (unpaired) electrons. The molecular formula is C11H9Br2N3O4. The molecule has 106 valence electrons. The maximum absolute atomic E-state index is 12.0. The van der Waals surface area contributed by atoms with Gasteiger partial charge in [-0.15, -0.1) is 0 Å². The second-order valence-corrected chi connectivity index (χ2v) is 6.03. The molecule has 0 aliphatic carbocycles. The molecule has 1 aromatic carbocycles. The van der Waals surface area contributed by atoms with Crippen molar-refractivity contribution in [2.45, 2.75) is 6.42 Å².